The Bertz CT molecular complexity index is 1770. The van der Waals surface area contributed by atoms with Gasteiger partial charge in [0.15, 0.2) is 5.78 Å². The maximum absolute atomic E-state index is 14.7. The van der Waals surface area contributed by atoms with Crippen LogP contribution in [0.5, 0.6) is 5.75 Å². The quantitative estimate of drug-likeness (QED) is 0.226. The molecule has 2 heterocycles. The molecule has 0 saturated carbocycles. The molecule has 4 unspecified atom stereocenters. The molecule has 1 aliphatic heterocycles. The number of ketones is 1. The molecule has 9 heteroatoms. The number of carbonyl (C=O) groups is 3. The number of carbonyl (C=O) groups excluding carboxylic acids is 2. The predicted octanol–water partition coefficient (Wildman–Crippen LogP) is 6.80. The molecular formula is C35H33N3O6. The van der Waals surface area contributed by atoms with Gasteiger partial charge in [-0.15, -0.1) is 0 Å². The number of nitrogens with one attached hydrogen (secondary N) is 1. The summed E-state index contributed by atoms with van der Waals surface area (Å²) in [6.45, 7) is 6.79. The molecule has 5 rings (SSSR count). The Hall–Kier alpha value is -5.36. The Balaban J connectivity index is 1.79. The highest BCUT2D eigenvalue weighted by atomic mass is 16.5. The molecule has 9 nitrogen and oxygen atoms in total. The van der Waals surface area contributed by atoms with Crippen molar-refractivity contribution in [3.8, 4) is 11.8 Å². The predicted molar refractivity (Wildman–Crippen MR) is 164 cm³/mol. The van der Waals surface area contributed by atoms with E-state index in [1.165, 1.54) is 18.9 Å². The SMILES string of the molecule is COc1ccc(C2C(C(=O)c3cc(C)oc3C)C(c3ccc(C#N)cc3)N(C(=O)Nc3cccc(C)c3)C2(C)C(=O)O)cc1. The summed E-state index contributed by atoms with van der Waals surface area (Å²) in [6, 6.07) is 22.6. The Morgan fingerprint density at radius 1 is 0.977 bits per heavy atom. The first-order valence-corrected chi connectivity index (χ1v) is 14.1. The second-order valence-corrected chi connectivity index (χ2v) is 11.3. The first kappa shape index (κ1) is 30.1. The van der Waals surface area contributed by atoms with Crippen LogP contribution in [0.25, 0.3) is 0 Å². The van der Waals surface area contributed by atoms with Crippen LogP contribution in [-0.4, -0.2) is 40.4 Å². The lowest BCUT2D eigenvalue weighted by Crippen LogP contribution is -2.55. The largest absolute Gasteiger partial charge is 0.497 e. The number of hydrogen-bond acceptors (Lipinski definition) is 6. The molecule has 224 valence electrons. The van der Waals surface area contributed by atoms with Gasteiger partial charge in [0.25, 0.3) is 0 Å². The van der Waals surface area contributed by atoms with Crippen LogP contribution in [-0.2, 0) is 4.79 Å². The summed E-state index contributed by atoms with van der Waals surface area (Å²) in [6.07, 6.45) is 0. The zero-order valence-electron chi connectivity index (χ0n) is 25.1. The molecule has 0 spiro atoms. The monoisotopic (exact) mass is 591 g/mol. The number of carboxylic acids is 1. The highest BCUT2D eigenvalue weighted by Crippen LogP contribution is 2.57. The summed E-state index contributed by atoms with van der Waals surface area (Å²) in [5.74, 6) is -2.16. The summed E-state index contributed by atoms with van der Waals surface area (Å²) in [5.41, 5.74) is 1.27. The molecule has 1 saturated heterocycles. The smallest absolute Gasteiger partial charge is 0.330 e. The number of Topliss-reactive ketones (excluding diaryl/α,β-unsaturated/α-hetero) is 1. The van der Waals surface area contributed by atoms with Gasteiger partial charge in [-0.25, -0.2) is 9.59 Å². The van der Waals surface area contributed by atoms with E-state index in [9.17, 15) is 24.8 Å². The van der Waals surface area contributed by atoms with Crippen LogP contribution in [0.3, 0.4) is 0 Å². The number of anilines is 1. The molecule has 0 bridgehead atoms. The second kappa shape index (κ2) is 11.7. The van der Waals surface area contributed by atoms with Crippen LogP contribution in [0, 0.1) is 38.0 Å². The molecule has 2 N–H and O–H groups in total. The average molecular weight is 592 g/mol. The number of benzene rings is 3. The lowest BCUT2D eigenvalue weighted by Gasteiger charge is -2.37. The molecule has 1 aliphatic rings. The summed E-state index contributed by atoms with van der Waals surface area (Å²) in [4.78, 5) is 43.8. The number of urea groups is 1. The number of carboxylic acid groups (broad SMARTS) is 1. The fraction of sp³-hybridized carbons (Fsp3) is 0.257. The number of nitriles is 1. The van der Waals surface area contributed by atoms with Crippen LogP contribution in [0.2, 0.25) is 0 Å². The van der Waals surface area contributed by atoms with Crippen molar-refractivity contribution >= 4 is 23.5 Å². The molecule has 0 aliphatic carbocycles. The van der Waals surface area contributed by atoms with E-state index in [1.807, 2.05) is 13.0 Å². The van der Waals surface area contributed by atoms with Crippen molar-refractivity contribution in [1.29, 1.82) is 5.26 Å². The average Bonchev–Trinajstić information content (AvgIpc) is 3.50. The number of furan rings is 1. The highest BCUT2D eigenvalue weighted by molar-refractivity contribution is 6.04. The minimum Gasteiger partial charge on any atom is -0.497 e. The number of nitrogens with zero attached hydrogens (tertiary/aromatic N) is 2. The normalized spacial score (nSPS) is 21.0. The van der Waals surface area contributed by atoms with E-state index >= 15 is 0 Å². The Morgan fingerprint density at radius 2 is 1.64 bits per heavy atom. The molecule has 0 radical (unpaired) electrons. The molecular weight excluding hydrogens is 558 g/mol. The van der Waals surface area contributed by atoms with Crippen molar-refractivity contribution in [1.82, 2.24) is 4.90 Å². The number of rotatable bonds is 7. The third-order valence-electron chi connectivity index (χ3n) is 8.47. The molecule has 2 amide bonds. The van der Waals surface area contributed by atoms with E-state index < -0.39 is 35.4 Å². The molecule has 3 aromatic carbocycles. The van der Waals surface area contributed by atoms with E-state index in [4.69, 9.17) is 9.15 Å². The van der Waals surface area contributed by atoms with Gasteiger partial charge in [-0.1, -0.05) is 36.4 Å². The van der Waals surface area contributed by atoms with Crippen LogP contribution in [0.15, 0.2) is 83.3 Å². The van der Waals surface area contributed by atoms with Gasteiger partial charge in [-0.2, -0.15) is 5.26 Å². The second-order valence-electron chi connectivity index (χ2n) is 11.3. The first-order valence-electron chi connectivity index (χ1n) is 14.1. The van der Waals surface area contributed by atoms with Crippen LogP contribution >= 0.6 is 0 Å². The zero-order chi connectivity index (χ0) is 31.8. The number of likely N-dealkylation sites (tertiary alicyclic amines) is 1. The Morgan fingerprint density at radius 3 is 2.18 bits per heavy atom. The van der Waals surface area contributed by atoms with Gasteiger partial charge in [0.1, 0.15) is 22.8 Å². The maximum atomic E-state index is 14.7. The van der Waals surface area contributed by atoms with Gasteiger partial charge in [-0.3, -0.25) is 9.69 Å². The molecule has 44 heavy (non-hydrogen) atoms. The van der Waals surface area contributed by atoms with E-state index in [0.717, 1.165) is 5.56 Å². The summed E-state index contributed by atoms with van der Waals surface area (Å²) in [5, 5.41) is 23.3. The lowest BCUT2D eigenvalue weighted by molar-refractivity contribution is -0.148. The van der Waals surface area contributed by atoms with Gasteiger partial charge in [0.2, 0.25) is 0 Å². The number of amides is 2. The van der Waals surface area contributed by atoms with Crippen molar-refractivity contribution in [2.75, 3.05) is 12.4 Å². The van der Waals surface area contributed by atoms with Crippen LogP contribution in [0.1, 0.15) is 63.0 Å². The molecule has 4 atom stereocenters. The van der Waals surface area contributed by atoms with E-state index in [2.05, 4.69) is 11.4 Å². The van der Waals surface area contributed by atoms with E-state index in [-0.39, 0.29) is 5.78 Å². The zero-order valence-corrected chi connectivity index (χ0v) is 25.1. The van der Waals surface area contributed by atoms with E-state index in [1.54, 1.807) is 86.6 Å². The van der Waals surface area contributed by atoms with Gasteiger partial charge in [0.05, 0.1) is 36.3 Å². The third kappa shape index (κ3) is 5.20. The highest BCUT2D eigenvalue weighted by Gasteiger charge is 2.65. The number of aliphatic carboxylic acids is 1. The number of aryl methyl sites for hydroxylation is 3. The van der Waals surface area contributed by atoms with Crippen molar-refractivity contribution in [2.45, 2.75) is 45.2 Å². The Labute approximate surface area is 255 Å². The van der Waals surface area contributed by atoms with Gasteiger partial charge in [-0.05, 0) is 86.8 Å². The summed E-state index contributed by atoms with van der Waals surface area (Å²) >= 11 is 0. The standard InChI is InChI=1S/C35H33N3O6/c1-20-7-6-8-26(17-20)37-34(42)38-31(25-11-9-23(19-36)10-12-25)29(32(39)28-18-21(2)44-22(28)3)30(35(38,4)33(40)41)24-13-15-27(43-5)16-14-24/h6-18,29-31H,1-5H3,(H,37,42)(H,40,41). The van der Waals surface area contributed by atoms with Crippen LogP contribution < -0.4 is 10.1 Å². The van der Waals surface area contributed by atoms with Crippen LogP contribution in [0.4, 0.5) is 10.5 Å². The van der Waals surface area contributed by atoms with Crippen molar-refractivity contribution in [2.24, 2.45) is 5.92 Å². The number of hydrogen-bond donors (Lipinski definition) is 2. The number of methoxy groups -OCH3 is 1. The molecule has 1 aromatic heterocycles. The minimum absolute atomic E-state index is 0.318. The van der Waals surface area contributed by atoms with Crippen molar-refractivity contribution in [3.63, 3.8) is 0 Å². The molecule has 4 aromatic rings. The van der Waals surface area contributed by atoms with E-state index in [0.29, 0.717) is 45.2 Å². The Kier molecular flexibility index (Phi) is 8.03. The fourth-order valence-corrected chi connectivity index (χ4v) is 6.42. The maximum Gasteiger partial charge on any atom is 0.330 e. The summed E-state index contributed by atoms with van der Waals surface area (Å²) < 4.78 is 11.1. The summed E-state index contributed by atoms with van der Waals surface area (Å²) in [7, 11) is 1.53. The fourth-order valence-electron chi connectivity index (χ4n) is 6.42. The van der Waals surface area contributed by atoms with Gasteiger partial charge >= 0.3 is 12.0 Å². The minimum atomic E-state index is -1.89. The topological polar surface area (TPSA) is 133 Å². The van der Waals surface area contributed by atoms with Crippen molar-refractivity contribution < 1.29 is 28.6 Å². The number of ether oxygens (including phenoxy) is 1. The third-order valence-corrected chi connectivity index (χ3v) is 8.47. The molecule has 1 fully saturated rings. The lowest BCUT2D eigenvalue weighted by atomic mass is 9.71. The van der Waals surface area contributed by atoms with Gasteiger partial charge < -0.3 is 19.6 Å². The van der Waals surface area contributed by atoms with Crippen molar-refractivity contribution in [3.05, 3.63) is 118 Å². The first-order chi connectivity index (χ1) is 21.0. The van der Waals surface area contributed by atoms with Gasteiger partial charge in [0, 0.05) is 11.6 Å².